The molecule has 1 spiro atoms. The first-order chi connectivity index (χ1) is 21.2. The van der Waals surface area contributed by atoms with Crippen molar-refractivity contribution in [3.8, 4) is 5.75 Å². The molecule has 4 aliphatic rings. The van der Waals surface area contributed by atoms with Crippen molar-refractivity contribution in [2.75, 3.05) is 19.6 Å². The number of amides is 2. The van der Waals surface area contributed by atoms with Crippen molar-refractivity contribution in [3.63, 3.8) is 0 Å². The van der Waals surface area contributed by atoms with Crippen LogP contribution in [-0.4, -0.2) is 83.0 Å². The van der Waals surface area contributed by atoms with Gasteiger partial charge in [-0.1, -0.05) is 28.4 Å². The first kappa shape index (κ1) is 31.8. The Morgan fingerprint density at radius 3 is 2.62 bits per heavy atom. The van der Waals surface area contributed by atoms with E-state index in [4.69, 9.17) is 32.0 Å². The SMILES string of the molecule is [B][C@@H]1C[C@@H](C(=O)N2CCc3c(Cl)ccc(OCc4nnn(C)c4C(F)F)c3[C@H]2CN2CC3(CC3)CC2=O)[C@@](C)(C(=O)O)C[C@@H]1[B]. The molecule has 5 atom stereocenters. The highest BCUT2D eigenvalue weighted by Crippen LogP contribution is 2.55. The summed E-state index contributed by atoms with van der Waals surface area (Å²) in [6, 6.07) is 2.53. The molecule has 4 radical (unpaired) electrons. The smallest absolute Gasteiger partial charge is 0.310 e. The summed E-state index contributed by atoms with van der Waals surface area (Å²) in [6.45, 7) is 2.14. The maximum atomic E-state index is 14.5. The van der Waals surface area contributed by atoms with Gasteiger partial charge in [0.25, 0.3) is 6.43 Å². The van der Waals surface area contributed by atoms with Gasteiger partial charge in [-0.15, -0.1) is 5.10 Å². The third-order valence-corrected chi connectivity index (χ3v) is 10.8. The van der Waals surface area contributed by atoms with Crippen LogP contribution in [0.2, 0.25) is 16.7 Å². The number of fused-ring (bicyclic) bond motifs is 1. The van der Waals surface area contributed by atoms with Crippen LogP contribution in [0.4, 0.5) is 8.78 Å². The fraction of sp³-hybridized carbons (Fsp3) is 0.633. The molecule has 2 saturated carbocycles. The lowest BCUT2D eigenvalue weighted by Gasteiger charge is -2.48. The molecule has 2 aliphatic carbocycles. The maximum absolute atomic E-state index is 14.5. The molecular formula is C30H34B2ClF2N5O5. The monoisotopic (exact) mass is 639 g/mol. The van der Waals surface area contributed by atoms with Crippen molar-refractivity contribution in [2.24, 2.45) is 23.8 Å². The average Bonchev–Trinajstić information content (AvgIpc) is 3.51. The average molecular weight is 640 g/mol. The molecular weight excluding hydrogens is 605 g/mol. The van der Waals surface area contributed by atoms with Gasteiger partial charge in [-0.05, 0) is 62.1 Å². The highest BCUT2D eigenvalue weighted by atomic mass is 35.5. The Kier molecular flexibility index (Phi) is 8.19. The van der Waals surface area contributed by atoms with Crippen molar-refractivity contribution in [1.29, 1.82) is 0 Å². The van der Waals surface area contributed by atoms with E-state index in [1.54, 1.807) is 21.9 Å². The number of aromatic nitrogens is 3. The number of carbonyl (C=O) groups is 3. The second-order valence-corrected chi connectivity index (χ2v) is 13.8. The van der Waals surface area contributed by atoms with Gasteiger partial charge in [0.1, 0.15) is 23.7 Å². The number of rotatable bonds is 8. The normalized spacial score (nSPS) is 28.9. The molecule has 1 saturated heterocycles. The maximum Gasteiger partial charge on any atom is 0.310 e. The van der Waals surface area contributed by atoms with Gasteiger partial charge in [-0.2, -0.15) is 0 Å². The fourth-order valence-electron chi connectivity index (χ4n) is 7.45. The predicted molar refractivity (Wildman–Crippen MR) is 160 cm³/mol. The number of carbonyl (C=O) groups excluding carboxylic acids is 2. The van der Waals surface area contributed by atoms with Crippen molar-refractivity contribution < 1.29 is 33.0 Å². The molecule has 45 heavy (non-hydrogen) atoms. The number of likely N-dealkylation sites (tertiary alicyclic amines) is 1. The van der Waals surface area contributed by atoms with Gasteiger partial charge in [0.05, 0.1) is 33.1 Å². The van der Waals surface area contributed by atoms with Gasteiger partial charge in [0.15, 0.2) is 0 Å². The molecule has 10 nitrogen and oxygen atoms in total. The molecule has 3 fully saturated rings. The molecule has 1 aromatic carbocycles. The van der Waals surface area contributed by atoms with Crippen molar-refractivity contribution >= 4 is 45.1 Å². The molecule has 2 aromatic rings. The quantitative estimate of drug-likeness (QED) is 0.437. The van der Waals surface area contributed by atoms with E-state index in [0.29, 0.717) is 41.3 Å². The van der Waals surface area contributed by atoms with E-state index in [1.807, 2.05) is 0 Å². The van der Waals surface area contributed by atoms with Crippen LogP contribution in [0.15, 0.2) is 12.1 Å². The van der Waals surface area contributed by atoms with Gasteiger partial charge >= 0.3 is 5.97 Å². The standard InChI is InChI=1S/C30H34B2ClF2N5O5/c1-29(28(43)44)10-18(32)17(31)9-16(29)27(42)40-8-5-15-19(33)3-4-22(45-13-20-25(26(34)35)38(2)37-36-20)24(15)21(40)12-39-14-30(6-7-30)11-23(39)41/h3-4,16-18,21,26H,5-14H2,1-2H3,(H,43,44)/t16-,17+,18-,21+,29-/m0/s1. The first-order valence-electron chi connectivity index (χ1n) is 15.2. The summed E-state index contributed by atoms with van der Waals surface area (Å²) in [5.74, 6) is -3.35. The van der Waals surface area contributed by atoms with Crippen LogP contribution < -0.4 is 4.74 Å². The van der Waals surface area contributed by atoms with Crippen LogP contribution in [-0.2, 0) is 34.5 Å². The van der Waals surface area contributed by atoms with Crippen LogP contribution in [0, 0.1) is 16.7 Å². The largest absolute Gasteiger partial charge is 0.487 e. The van der Waals surface area contributed by atoms with Crippen LogP contribution in [0.1, 0.15) is 74.0 Å². The lowest BCUT2D eigenvalue weighted by molar-refractivity contribution is -0.162. The Labute approximate surface area is 267 Å². The number of benzene rings is 1. The number of hydrogen-bond donors (Lipinski definition) is 1. The number of alkyl halides is 2. The molecule has 0 unspecified atom stereocenters. The summed E-state index contributed by atoms with van der Waals surface area (Å²) in [5.41, 5.74) is -0.627. The molecule has 6 rings (SSSR count). The Morgan fingerprint density at radius 1 is 1.24 bits per heavy atom. The molecule has 15 heteroatoms. The van der Waals surface area contributed by atoms with Gasteiger partial charge in [0, 0.05) is 43.7 Å². The lowest BCUT2D eigenvalue weighted by Crippen LogP contribution is -2.54. The number of nitrogens with zero attached hydrogens (tertiary/aromatic N) is 5. The van der Waals surface area contributed by atoms with E-state index in [1.165, 1.54) is 14.0 Å². The van der Waals surface area contributed by atoms with Gasteiger partial charge in [-0.3, -0.25) is 14.4 Å². The third kappa shape index (κ3) is 5.61. The molecule has 236 valence electrons. The number of ether oxygens (including phenoxy) is 1. The molecule has 1 aromatic heterocycles. The zero-order valence-corrected chi connectivity index (χ0v) is 26.0. The summed E-state index contributed by atoms with van der Waals surface area (Å²) >= 11 is 6.69. The van der Waals surface area contributed by atoms with E-state index in [0.717, 1.165) is 17.5 Å². The Morgan fingerprint density at radius 2 is 1.98 bits per heavy atom. The Hall–Kier alpha value is -3.15. The highest BCUT2D eigenvalue weighted by Gasteiger charge is 2.55. The number of halogens is 3. The fourth-order valence-corrected chi connectivity index (χ4v) is 7.71. The highest BCUT2D eigenvalue weighted by molar-refractivity contribution is 6.31. The van der Waals surface area contributed by atoms with E-state index >= 15 is 0 Å². The first-order valence-corrected chi connectivity index (χ1v) is 15.6. The minimum absolute atomic E-state index is 0.0151. The minimum atomic E-state index is -2.82. The van der Waals surface area contributed by atoms with Gasteiger partial charge in [0.2, 0.25) is 11.8 Å². The number of aryl methyl sites for hydroxylation is 1. The van der Waals surface area contributed by atoms with E-state index < -0.39 is 47.3 Å². The van der Waals surface area contributed by atoms with Crippen LogP contribution in [0.3, 0.4) is 0 Å². The number of carboxylic acid groups (broad SMARTS) is 1. The second kappa shape index (κ2) is 11.6. The number of aliphatic carboxylic acids is 1. The third-order valence-electron chi connectivity index (χ3n) is 10.4. The topological polar surface area (TPSA) is 118 Å². The molecule has 2 amide bonds. The summed E-state index contributed by atoms with van der Waals surface area (Å²) in [4.78, 5) is 43.7. The van der Waals surface area contributed by atoms with Crippen LogP contribution in [0.5, 0.6) is 5.75 Å². The van der Waals surface area contributed by atoms with Crippen LogP contribution >= 0.6 is 11.6 Å². The van der Waals surface area contributed by atoms with Crippen LogP contribution in [0.25, 0.3) is 0 Å². The Balaban J connectivity index is 1.39. The second-order valence-electron chi connectivity index (χ2n) is 13.4. The van der Waals surface area contributed by atoms with Crippen molar-refractivity contribution in [1.82, 2.24) is 24.8 Å². The zero-order valence-electron chi connectivity index (χ0n) is 25.2. The predicted octanol–water partition coefficient (Wildman–Crippen LogP) is 3.84. The van der Waals surface area contributed by atoms with E-state index in [-0.39, 0.29) is 55.2 Å². The summed E-state index contributed by atoms with van der Waals surface area (Å²) in [5, 5.41) is 18.3. The summed E-state index contributed by atoms with van der Waals surface area (Å²) < 4.78 is 34.6. The number of hydrogen-bond acceptors (Lipinski definition) is 6. The summed E-state index contributed by atoms with van der Waals surface area (Å²) in [6.07, 6.45) is -0.00413. The summed E-state index contributed by atoms with van der Waals surface area (Å²) in [7, 11) is 13.8. The Bertz CT molecular complexity index is 1540. The van der Waals surface area contributed by atoms with E-state index in [2.05, 4.69) is 10.3 Å². The zero-order chi connectivity index (χ0) is 32.4. The van der Waals surface area contributed by atoms with Gasteiger partial charge < -0.3 is 19.6 Å². The van der Waals surface area contributed by atoms with E-state index in [9.17, 15) is 28.3 Å². The minimum Gasteiger partial charge on any atom is -0.487 e. The number of carboxylic acids is 1. The van der Waals surface area contributed by atoms with Gasteiger partial charge in [-0.25, -0.2) is 13.5 Å². The lowest BCUT2D eigenvalue weighted by atomic mass is 9.50. The molecule has 3 heterocycles. The van der Waals surface area contributed by atoms with Crippen molar-refractivity contribution in [3.05, 3.63) is 39.7 Å². The molecule has 2 aliphatic heterocycles. The van der Waals surface area contributed by atoms with Crippen molar-refractivity contribution in [2.45, 2.75) is 76.2 Å². The molecule has 1 N–H and O–H groups in total. The molecule has 0 bridgehead atoms.